The molecular formula is C13H20N2O. The van der Waals surface area contributed by atoms with Crippen LogP contribution in [-0.4, -0.2) is 38.2 Å². The topological polar surface area (TPSA) is 24.5 Å². The van der Waals surface area contributed by atoms with E-state index in [0.717, 1.165) is 26.2 Å². The fourth-order valence-electron chi connectivity index (χ4n) is 2.10. The van der Waals surface area contributed by atoms with Crippen LogP contribution in [0.15, 0.2) is 24.3 Å². The first-order chi connectivity index (χ1) is 7.81. The first-order valence-corrected chi connectivity index (χ1v) is 5.94. The molecule has 1 N–H and O–H groups in total. The number of hydrogen-bond acceptors (Lipinski definition) is 3. The molecule has 0 radical (unpaired) electrons. The highest BCUT2D eigenvalue weighted by atomic mass is 16.5. The van der Waals surface area contributed by atoms with Crippen LogP contribution in [0.2, 0.25) is 0 Å². The van der Waals surface area contributed by atoms with Crippen molar-refractivity contribution < 1.29 is 4.74 Å². The van der Waals surface area contributed by atoms with Crippen LogP contribution in [0, 0.1) is 0 Å². The van der Waals surface area contributed by atoms with Crippen LogP contribution in [0.5, 0.6) is 0 Å². The van der Waals surface area contributed by atoms with Gasteiger partial charge in [0, 0.05) is 30.9 Å². The van der Waals surface area contributed by atoms with Crippen molar-refractivity contribution >= 4 is 5.69 Å². The Morgan fingerprint density at radius 3 is 3.00 bits per heavy atom. The van der Waals surface area contributed by atoms with Gasteiger partial charge in [0.15, 0.2) is 0 Å². The number of likely N-dealkylation sites (N-methyl/N-ethyl adjacent to an activating group) is 1. The van der Waals surface area contributed by atoms with Gasteiger partial charge in [-0.15, -0.1) is 0 Å². The van der Waals surface area contributed by atoms with Crippen molar-refractivity contribution in [3.05, 3.63) is 29.8 Å². The second-order valence-corrected chi connectivity index (χ2v) is 4.24. The number of nitrogens with zero attached hydrogens (tertiary/aromatic N) is 1. The van der Waals surface area contributed by atoms with Gasteiger partial charge in [-0.2, -0.15) is 0 Å². The number of para-hydroxylation sites is 1. The molecule has 0 bridgehead atoms. The van der Waals surface area contributed by atoms with Crippen molar-refractivity contribution in [3.8, 4) is 0 Å². The Labute approximate surface area is 97.4 Å². The molecule has 0 aromatic heterocycles. The highest BCUT2D eigenvalue weighted by Gasteiger charge is 2.21. The Morgan fingerprint density at radius 1 is 1.44 bits per heavy atom. The SMILES string of the molecule is CCNc1ccccc1C1CN(C)CCO1. The molecule has 16 heavy (non-hydrogen) atoms. The lowest BCUT2D eigenvalue weighted by atomic mass is 10.1. The number of benzene rings is 1. The molecule has 1 aliphatic heterocycles. The van der Waals surface area contributed by atoms with Gasteiger partial charge >= 0.3 is 0 Å². The van der Waals surface area contributed by atoms with Gasteiger partial charge in [0.05, 0.1) is 12.7 Å². The van der Waals surface area contributed by atoms with Gasteiger partial charge in [0.1, 0.15) is 0 Å². The quantitative estimate of drug-likeness (QED) is 0.844. The second-order valence-electron chi connectivity index (χ2n) is 4.24. The fourth-order valence-corrected chi connectivity index (χ4v) is 2.10. The van der Waals surface area contributed by atoms with Gasteiger partial charge in [0.25, 0.3) is 0 Å². The predicted molar refractivity (Wildman–Crippen MR) is 66.8 cm³/mol. The normalized spacial score (nSPS) is 22.0. The third kappa shape index (κ3) is 2.54. The molecule has 2 rings (SSSR count). The largest absolute Gasteiger partial charge is 0.385 e. The molecule has 0 aliphatic carbocycles. The minimum Gasteiger partial charge on any atom is -0.385 e. The maximum Gasteiger partial charge on any atom is 0.0972 e. The van der Waals surface area contributed by atoms with Crippen LogP contribution >= 0.6 is 0 Å². The highest BCUT2D eigenvalue weighted by molar-refractivity contribution is 5.52. The van der Waals surface area contributed by atoms with E-state index in [2.05, 4.69) is 48.5 Å². The number of nitrogens with one attached hydrogen (secondary N) is 1. The summed E-state index contributed by atoms with van der Waals surface area (Å²) in [6, 6.07) is 8.42. The lowest BCUT2D eigenvalue weighted by Gasteiger charge is -2.31. The fraction of sp³-hybridized carbons (Fsp3) is 0.538. The van der Waals surface area contributed by atoms with Crippen LogP contribution in [0.3, 0.4) is 0 Å². The van der Waals surface area contributed by atoms with Crippen molar-refractivity contribution in [1.29, 1.82) is 0 Å². The van der Waals surface area contributed by atoms with Gasteiger partial charge in [-0.05, 0) is 20.0 Å². The molecule has 1 aromatic rings. The van der Waals surface area contributed by atoms with Crippen molar-refractivity contribution in [3.63, 3.8) is 0 Å². The van der Waals surface area contributed by atoms with Crippen LogP contribution in [0.4, 0.5) is 5.69 Å². The summed E-state index contributed by atoms with van der Waals surface area (Å²) >= 11 is 0. The molecule has 1 aliphatic rings. The molecule has 0 saturated carbocycles. The summed E-state index contributed by atoms with van der Waals surface area (Å²) in [6.45, 7) is 5.88. The van der Waals surface area contributed by atoms with Crippen LogP contribution in [-0.2, 0) is 4.74 Å². The standard InChI is InChI=1S/C13H20N2O/c1-3-14-12-7-5-4-6-11(12)13-10-15(2)8-9-16-13/h4-7,13-14H,3,8-10H2,1-2H3. The van der Waals surface area contributed by atoms with E-state index in [9.17, 15) is 0 Å². The molecule has 1 aromatic carbocycles. The van der Waals surface area contributed by atoms with Gasteiger partial charge in [-0.1, -0.05) is 18.2 Å². The Hall–Kier alpha value is -1.06. The summed E-state index contributed by atoms with van der Waals surface area (Å²) in [5.41, 5.74) is 2.47. The van der Waals surface area contributed by atoms with E-state index >= 15 is 0 Å². The minimum absolute atomic E-state index is 0.203. The second kappa shape index (κ2) is 5.32. The Bertz CT molecular complexity index is 340. The Morgan fingerprint density at radius 2 is 2.25 bits per heavy atom. The van der Waals surface area contributed by atoms with Crippen molar-refractivity contribution in [2.24, 2.45) is 0 Å². The van der Waals surface area contributed by atoms with Crippen LogP contribution in [0.25, 0.3) is 0 Å². The van der Waals surface area contributed by atoms with E-state index in [1.807, 2.05) is 0 Å². The molecule has 1 atom stereocenters. The summed E-state index contributed by atoms with van der Waals surface area (Å²) in [4.78, 5) is 2.32. The summed E-state index contributed by atoms with van der Waals surface area (Å²) in [6.07, 6.45) is 0.203. The molecule has 1 saturated heterocycles. The number of ether oxygens (including phenoxy) is 1. The molecule has 88 valence electrons. The average Bonchev–Trinajstić information content (AvgIpc) is 2.30. The third-order valence-corrected chi connectivity index (χ3v) is 2.94. The Balaban J connectivity index is 2.17. The van der Waals surface area contributed by atoms with Gasteiger partial charge in [0.2, 0.25) is 0 Å². The zero-order chi connectivity index (χ0) is 11.4. The summed E-state index contributed by atoms with van der Waals surface area (Å²) in [5.74, 6) is 0. The number of anilines is 1. The predicted octanol–water partition coefficient (Wildman–Crippen LogP) is 2.12. The number of morpholine rings is 1. The maximum atomic E-state index is 5.84. The van der Waals surface area contributed by atoms with Gasteiger partial charge < -0.3 is 15.0 Å². The van der Waals surface area contributed by atoms with Crippen molar-refractivity contribution in [2.45, 2.75) is 13.0 Å². The van der Waals surface area contributed by atoms with Crippen LogP contribution < -0.4 is 5.32 Å². The lowest BCUT2D eigenvalue weighted by Crippen LogP contribution is -2.35. The number of hydrogen-bond donors (Lipinski definition) is 1. The summed E-state index contributed by atoms with van der Waals surface area (Å²) in [7, 11) is 2.14. The van der Waals surface area contributed by atoms with E-state index in [0.29, 0.717) is 0 Å². The van der Waals surface area contributed by atoms with E-state index in [-0.39, 0.29) is 6.10 Å². The van der Waals surface area contributed by atoms with E-state index < -0.39 is 0 Å². The zero-order valence-corrected chi connectivity index (χ0v) is 10.1. The molecule has 3 nitrogen and oxygen atoms in total. The minimum atomic E-state index is 0.203. The Kier molecular flexibility index (Phi) is 3.80. The molecular weight excluding hydrogens is 200 g/mol. The van der Waals surface area contributed by atoms with Crippen LogP contribution in [0.1, 0.15) is 18.6 Å². The van der Waals surface area contributed by atoms with Gasteiger partial charge in [-0.25, -0.2) is 0 Å². The van der Waals surface area contributed by atoms with E-state index in [1.165, 1.54) is 11.3 Å². The molecule has 3 heteroatoms. The van der Waals surface area contributed by atoms with E-state index in [4.69, 9.17) is 4.74 Å². The molecule has 0 amide bonds. The molecule has 1 fully saturated rings. The molecule has 0 spiro atoms. The van der Waals surface area contributed by atoms with E-state index in [1.54, 1.807) is 0 Å². The number of rotatable bonds is 3. The molecule has 1 unspecified atom stereocenters. The first kappa shape index (κ1) is 11.4. The maximum absolute atomic E-state index is 5.84. The zero-order valence-electron chi connectivity index (χ0n) is 10.1. The highest BCUT2D eigenvalue weighted by Crippen LogP contribution is 2.27. The lowest BCUT2D eigenvalue weighted by molar-refractivity contribution is -0.0205. The molecule has 1 heterocycles. The average molecular weight is 220 g/mol. The monoisotopic (exact) mass is 220 g/mol. The summed E-state index contributed by atoms with van der Waals surface area (Å²) in [5, 5.41) is 3.39. The third-order valence-electron chi connectivity index (χ3n) is 2.94. The van der Waals surface area contributed by atoms with Crippen molar-refractivity contribution in [1.82, 2.24) is 4.90 Å². The van der Waals surface area contributed by atoms with Gasteiger partial charge in [-0.3, -0.25) is 0 Å². The van der Waals surface area contributed by atoms with Crippen molar-refractivity contribution in [2.75, 3.05) is 38.6 Å². The summed E-state index contributed by atoms with van der Waals surface area (Å²) < 4.78 is 5.84. The smallest absolute Gasteiger partial charge is 0.0972 e. The first-order valence-electron chi connectivity index (χ1n) is 5.94.